The molecule has 6 heteroatoms. The van der Waals surface area contributed by atoms with Crippen LogP contribution in [0.2, 0.25) is 0 Å². The molecule has 0 bridgehead atoms. The number of morpholine rings is 1. The first-order valence-electron chi connectivity index (χ1n) is 8.48. The molecular weight excluding hydrogens is 336 g/mol. The zero-order valence-corrected chi connectivity index (χ0v) is 15.3. The number of hydrogen-bond acceptors (Lipinski definition) is 3. The Balaban J connectivity index is 1.90. The minimum absolute atomic E-state index is 0.118. The summed E-state index contributed by atoms with van der Waals surface area (Å²) in [5.74, 6) is 0. The second kappa shape index (κ2) is 7.66. The van der Waals surface area contributed by atoms with E-state index >= 15 is 0 Å². The zero-order valence-electron chi connectivity index (χ0n) is 14.5. The quantitative estimate of drug-likeness (QED) is 0.892. The summed E-state index contributed by atoms with van der Waals surface area (Å²) >= 11 is 0. The van der Waals surface area contributed by atoms with E-state index in [2.05, 4.69) is 4.72 Å². The van der Waals surface area contributed by atoms with Gasteiger partial charge in [-0.1, -0.05) is 60.7 Å². The summed E-state index contributed by atoms with van der Waals surface area (Å²) in [6.07, 6.45) is -0.237. The minimum Gasteiger partial charge on any atom is -0.373 e. The second-order valence-corrected chi connectivity index (χ2v) is 8.15. The first kappa shape index (κ1) is 18.1. The van der Waals surface area contributed by atoms with Crippen LogP contribution >= 0.6 is 0 Å². The van der Waals surface area contributed by atoms with E-state index in [-0.39, 0.29) is 12.2 Å². The molecule has 1 heterocycles. The van der Waals surface area contributed by atoms with Crippen molar-refractivity contribution in [3.05, 3.63) is 71.8 Å². The maximum absolute atomic E-state index is 13.0. The van der Waals surface area contributed by atoms with Gasteiger partial charge in [-0.25, -0.2) is 0 Å². The third-order valence-corrected chi connectivity index (χ3v) is 5.77. The molecule has 134 valence electrons. The summed E-state index contributed by atoms with van der Waals surface area (Å²) in [5.41, 5.74) is 1.82. The van der Waals surface area contributed by atoms with E-state index in [1.54, 1.807) is 0 Å². The lowest BCUT2D eigenvalue weighted by atomic mass is 10.00. The van der Waals surface area contributed by atoms with Gasteiger partial charge in [-0.3, -0.25) is 0 Å². The topological polar surface area (TPSA) is 58.6 Å². The van der Waals surface area contributed by atoms with Crippen LogP contribution in [-0.2, 0) is 14.9 Å². The van der Waals surface area contributed by atoms with Gasteiger partial charge < -0.3 is 4.74 Å². The van der Waals surface area contributed by atoms with Crippen molar-refractivity contribution < 1.29 is 13.2 Å². The van der Waals surface area contributed by atoms with Gasteiger partial charge in [-0.05, 0) is 25.0 Å². The monoisotopic (exact) mass is 360 g/mol. The van der Waals surface area contributed by atoms with Gasteiger partial charge in [0.2, 0.25) is 0 Å². The fourth-order valence-corrected chi connectivity index (χ4v) is 4.70. The first-order chi connectivity index (χ1) is 12.0. The number of ether oxygens (including phenoxy) is 1. The molecule has 0 spiro atoms. The van der Waals surface area contributed by atoms with E-state index < -0.39 is 16.3 Å². The summed E-state index contributed by atoms with van der Waals surface area (Å²) in [5, 5.41) is 0. The van der Waals surface area contributed by atoms with Gasteiger partial charge in [0.25, 0.3) is 10.2 Å². The summed E-state index contributed by atoms with van der Waals surface area (Å²) in [6, 6.07) is 18.8. The zero-order chi connectivity index (χ0) is 17.9. The van der Waals surface area contributed by atoms with Crippen LogP contribution in [0.25, 0.3) is 0 Å². The number of hydrogen-bond donors (Lipinski definition) is 1. The predicted molar refractivity (Wildman–Crippen MR) is 98.4 cm³/mol. The molecule has 0 amide bonds. The molecular formula is C19H24N2O3S. The Bertz CT molecular complexity index is 731. The smallest absolute Gasteiger partial charge is 0.280 e. The second-order valence-electron chi connectivity index (χ2n) is 6.45. The van der Waals surface area contributed by atoms with E-state index in [1.165, 1.54) is 4.31 Å². The molecule has 1 saturated heterocycles. The van der Waals surface area contributed by atoms with Crippen molar-refractivity contribution in [1.82, 2.24) is 9.03 Å². The highest BCUT2D eigenvalue weighted by Crippen LogP contribution is 2.24. The molecule has 3 rings (SSSR count). The Kier molecular flexibility index (Phi) is 5.54. The lowest BCUT2D eigenvalue weighted by molar-refractivity contribution is -0.0444. The third-order valence-electron chi connectivity index (χ3n) is 4.26. The summed E-state index contributed by atoms with van der Waals surface area (Å²) in [4.78, 5) is 0. The Morgan fingerprint density at radius 3 is 1.80 bits per heavy atom. The maximum Gasteiger partial charge on any atom is 0.280 e. The molecule has 0 radical (unpaired) electrons. The number of nitrogens with zero attached hydrogens (tertiary/aromatic N) is 1. The fraction of sp³-hybridized carbons (Fsp3) is 0.368. The van der Waals surface area contributed by atoms with E-state index in [0.717, 1.165) is 11.1 Å². The van der Waals surface area contributed by atoms with Crippen LogP contribution < -0.4 is 4.72 Å². The van der Waals surface area contributed by atoms with E-state index in [0.29, 0.717) is 13.1 Å². The summed E-state index contributed by atoms with van der Waals surface area (Å²) in [6.45, 7) is 4.50. The van der Waals surface area contributed by atoms with Crippen LogP contribution in [0.4, 0.5) is 0 Å². The van der Waals surface area contributed by atoms with Crippen molar-refractivity contribution in [2.45, 2.75) is 32.1 Å². The molecule has 0 saturated carbocycles. The Hall–Kier alpha value is -1.73. The molecule has 25 heavy (non-hydrogen) atoms. The average molecular weight is 360 g/mol. The molecule has 2 atom stereocenters. The standard InChI is InChI=1S/C19H24N2O3S/c1-15-13-21(14-16(2)24-15)25(22,23)20-19(17-9-5-3-6-10-17)18-11-7-4-8-12-18/h3-12,15-16,19-20H,13-14H2,1-2H3/t15-,16-/m1/s1. The van der Waals surface area contributed by atoms with E-state index in [4.69, 9.17) is 4.74 Å². The van der Waals surface area contributed by atoms with Gasteiger partial charge in [0.05, 0.1) is 18.2 Å². The van der Waals surface area contributed by atoms with Gasteiger partial charge in [-0.15, -0.1) is 0 Å². The highest BCUT2D eigenvalue weighted by Gasteiger charge is 2.33. The number of benzene rings is 2. The maximum atomic E-state index is 13.0. The van der Waals surface area contributed by atoms with Crippen molar-refractivity contribution in [2.75, 3.05) is 13.1 Å². The van der Waals surface area contributed by atoms with Crippen LogP contribution in [0, 0.1) is 0 Å². The lowest BCUT2D eigenvalue weighted by Crippen LogP contribution is -2.52. The molecule has 1 aliphatic heterocycles. The van der Waals surface area contributed by atoms with Gasteiger partial charge >= 0.3 is 0 Å². The van der Waals surface area contributed by atoms with Crippen LogP contribution in [0.3, 0.4) is 0 Å². The van der Waals surface area contributed by atoms with Crippen LogP contribution in [0.15, 0.2) is 60.7 Å². The van der Waals surface area contributed by atoms with Crippen LogP contribution in [0.1, 0.15) is 31.0 Å². The molecule has 0 aliphatic carbocycles. The number of rotatable bonds is 5. The van der Waals surface area contributed by atoms with Gasteiger partial charge in [-0.2, -0.15) is 17.4 Å². The highest BCUT2D eigenvalue weighted by molar-refractivity contribution is 7.87. The lowest BCUT2D eigenvalue weighted by Gasteiger charge is -2.35. The average Bonchev–Trinajstić information content (AvgIpc) is 2.60. The molecule has 5 nitrogen and oxygen atoms in total. The van der Waals surface area contributed by atoms with Crippen LogP contribution in [0.5, 0.6) is 0 Å². The minimum atomic E-state index is -3.64. The summed E-state index contributed by atoms with van der Waals surface area (Å²) in [7, 11) is -3.64. The SMILES string of the molecule is C[C@@H]1CN(S(=O)(=O)NC(c2ccccc2)c2ccccc2)C[C@@H](C)O1. The van der Waals surface area contributed by atoms with Gasteiger partial charge in [0, 0.05) is 13.1 Å². The predicted octanol–water partition coefficient (Wildman–Crippen LogP) is 2.72. The molecule has 2 aromatic carbocycles. The van der Waals surface area contributed by atoms with Gasteiger partial charge in [0.1, 0.15) is 0 Å². The Morgan fingerprint density at radius 1 is 0.920 bits per heavy atom. The van der Waals surface area contributed by atoms with Crippen molar-refractivity contribution in [3.63, 3.8) is 0 Å². The van der Waals surface area contributed by atoms with Crippen molar-refractivity contribution in [3.8, 4) is 0 Å². The van der Waals surface area contributed by atoms with Crippen molar-refractivity contribution in [2.24, 2.45) is 0 Å². The highest BCUT2D eigenvalue weighted by atomic mass is 32.2. The fourth-order valence-electron chi connectivity index (χ4n) is 3.17. The summed E-state index contributed by atoms with van der Waals surface area (Å²) < 4.78 is 36.0. The first-order valence-corrected chi connectivity index (χ1v) is 9.92. The molecule has 0 unspecified atom stereocenters. The molecule has 1 fully saturated rings. The Labute approximate surface area is 149 Å². The molecule has 1 N–H and O–H groups in total. The van der Waals surface area contributed by atoms with E-state index in [9.17, 15) is 8.42 Å². The van der Waals surface area contributed by atoms with Crippen molar-refractivity contribution >= 4 is 10.2 Å². The van der Waals surface area contributed by atoms with Crippen molar-refractivity contribution in [1.29, 1.82) is 0 Å². The molecule has 1 aliphatic rings. The number of nitrogens with one attached hydrogen (secondary N) is 1. The largest absolute Gasteiger partial charge is 0.373 e. The van der Waals surface area contributed by atoms with Crippen LogP contribution in [-0.4, -0.2) is 38.0 Å². The third kappa shape index (κ3) is 4.46. The Morgan fingerprint density at radius 2 is 1.36 bits per heavy atom. The normalized spacial score (nSPS) is 22.2. The van der Waals surface area contributed by atoms with E-state index in [1.807, 2.05) is 74.5 Å². The molecule has 0 aromatic heterocycles. The molecule has 2 aromatic rings. The van der Waals surface area contributed by atoms with Gasteiger partial charge in [0.15, 0.2) is 0 Å².